The molecule has 4 rings (SSSR count). The van der Waals surface area contributed by atoms with E-state index in [9.17, 15) is 5.11 Å². The number of anilines is 2. The molecule has 2 aromatic carbocycles. The average molecular weight is 381 g/mol. The van der Waals surface area contributed by atoms with Crippen molar-refractivity contribution in [2.75, 3.05) is 19.1 Å². The molecule has 6 nitrogen and oxygen atoms in total. The van der Waals surface area contributed by atoms with Gasteiger partial charge in [0.15, 0.2) is 23.0 Å². The molecule has 1 N–H and O–H groups in total. The lowest BCUT2D eigenvalue weighted by Gasteiger charge is -2.18. The highest BCUT2D eigenvalue weighted by Crippen LogP contribution is 2.32. The summed E-state index contributed by atoms with van der Waals surface area (Å²) in [6.45, 7) is 0. The Morgan fingerprint density at radius 2 is 1.96 bits per heavy atom. The predicted octanol–water partition coefficient (Wildman–Crippen LogP) is 4.53. The first-order valence-corrected chi connectivity index (χ1v) is 8.66. The topological polar surface area (TPSA) is 62.9 Å². The van der Waals surface area contributed by atoms with E-state index in [0.29, 0.717) is 10.8 Å². The van der Waals surface area contributed by atoms with Crippen LogP contribution >= 0.6 is 11.6 Å². The van der Waals surface area contributed by atoms with Crippen molar-refractivity contribution in [3.63, 3.8) is 0 Å². The van der Waals surface area contributed by atoms with Crippen molar-refractivity contribution < 1.29 is 9.84 Å². The summed E-state index contributed by atoms with van der Waals surface area (Å²) in [6.07, 6.45) is 1.75. The van der Waals surface area contributed by atoms with E-state index in [1.54, 1.807) is 28.9 Å². The van der Waals surface area contributed by atoms with Crippen LogP contribution in [0.25, 0.3) is 16.9 Å². The molecular formula is C20H17ClN4O2. The average Bonchev–Trinajstić information content (AvgIpc) is 3.11. The standard InChI is InChI=1S/C20H17ClN4O2/c1-24(15-5-3-4-14(21)11-15)20-9-8-19-22-12-16(25(19)23-20)13-6-7-17(26)18(10-13)27-2/h3-12,26H,1-2H3. The van der Waals surface area contributed by atoms with E-state index in [1.807, 2.05) is 48.3 Å². The molecule has 0 bridgehead atoms. The monoisotopic (exact) mass is 380 g/mol. The van der Waals surface area contributed by atoms with Gasteiger partial charge in [0.1, 0.15) is 0 Å². The number of fused-ring (bicyclic) bond motifs is 1. The molecule has 2 aromatic heterocycles. The van der Waals surface area contributed by atoms with E-state index in [4.69, 9.17) is 21.4 Å². The molecule has 4 aromatic rings. The maximum absolute atomic E-state index is 9.83. The van der Waals surface area contributed by atoms with Crippen LogP contribution in [0.2, 0.25) is 5.02 Å². The normalized spacial score (nSPS) is 10.9. The second-order valence-electron chi connectivity index (χ2n) is 6.03. The Morgan fingerprint density at radius 3 is 2.74 bits per heavy atom. The zero-order valence-electron chi connectivity index (χ0n) is 14.8. The van der Waals surface area contributed by atoms with Gasteiger partial charge in [-0.1, -0.05) is 17.7 Å². The molecule has 0 aliphatic rings. The van der Waals surface area contributed by atoms with E-state index in [0.717, 1.165) is 28.4 Å². The van der Waals surface area contributed by atoms with E-state index in [-0.39, 0.29) is 5.75 Å². The first-order valence-electron chi connectivity index (χ1n) is 8.28. The Balaban J connectivity index is 1.80. The molecule has 0 unspecified atom stereocenters. The maximum Gasteiger partial charge on any atom is 0.161 e. The first-order chi connectivity index (χ1) is 13.1. The van der Waals surface area contributed by atoms with Gasteiger partial charge < -0.3 is 14.7 Å². The fourth-order valence-corrected chi connectivity index (χ4v) is 3.08. The summed E-state index contributed by atoms with van der Waals surface area (Å²) in [5.41, 5.74) is 3.29. The van der Waals surface area contributed by atoms with E-state index < -0.39 is 0 Å². The van der Waals surface area contributed by atoms with E-state index in [2.05, 4.69) is 4.98 Å². The quantitative estimate of drug-likeness (QED) is 0.563. The van der Waals surface area contributed by atoms with Crippen LogP contribution in [0.5, 0.6) is 11.5 Å². The van der Waals surface area contributed by atoms with Gasteiger partial charge in [-0.3, -0.25) is 0 Å². The molecule has 0 spiro atoms. The summed E-state index contributed by atoms with van der Waals surface area (Å²) >= 11 is 6.11. The Labute approximate surface area is 161 Å². The molecule has 0 saturated carbocycles. The third kappa shape index (κ3) is 3.15. The Hall–Kier alpha value is -3.25. The minimum atomic E-state index is 0.0874. The van der Waals surface area contributed by atoms with Gasteiger partial charge in [-0.25, -0.2) is 9.50 Å². The van der Waals surface area contributed by atoms with Crippen molar-refractivity contribution in [2.24, 2.45) is 0 Å². The number of aromatic nitrogens is 3. The van der Waals surface area contributed by atoms with Crippen molar-refractivity contribution >= 4 is 28.8 Å². The summed E-state index contributed by atoms with van der Waals surface area (Å²) in [6, 6.07) is 16.6. The van der Waals surface area contributed by atoms with E-state index in [1.165, 1.54) is 7.11 Å². The molecule has 2 heterocycles. The number of phenolic OH excluding ortho intramolecular Hbond substituents is 1. The van der Waals surface area contributed by atoms with Crippen LogP contribution < -0.4 is 9.64 Å². The number of rotatable bonds is 4. The van der Waals surface area contributed by atoms with Gasteiger partial charge in [-0.2, -0.15) is 0 Å². The molecule has 136 valence electrons. The zero-order valence-corrected chi connectivity index (χ0v) is 15.6. The van der Waals surface area contributed by atoms with E-state index >= 15 is 0 Å². The van der Waals surface area contributed by atoms with Gasteiger partial charge in [-0.05, 0) is 48.5 Å². The third-order valence-corrected chi connectivity index (χ3v) is 4.60. The molecule has 0 aliphatic heterocycles. The number of ether oxygens (including phenoxy) is 1. The largest absolute Gasteiger partial charge is 0.504 e. The number of benzene rings is 2. The maximum atomic E-state index is 9.83. The van der Waals surface area contributed by atoms with Crippen LogP contribution in [0.3, 0.4) is 0 Å². The van der Waals surface area contributed by atoms with Gasteiger partial charge >= 0.3 is 0 Å². The Morgan fingerprint density at radius 1 is 1.11 bits per heavy atom. The van der Waals surface area contributed by atoms with Crippen LogP contribution in [-0.4, -0.2) is 33.9 Å². The number of phenols is 1. The summed E-state index contributed by atoms with van der Waals surface area (Å²) in [7, 11) is 3.45. The molecule has 0 fully saturated rings. The minimum Gasteiger partial charge on any atom is -0.504 e. The van der Waals surface area contributed by atoms with Crippen LogP contribution in [0.1, 0.15) is 0 Å². The van der Waals surface area contributed by atoms with Crippen molar-refractivity contribution in [1.82, 2.24) is 14.6 Å². The van der Waals surface area contributed by atoms with Crippen LogP contribution in [0, 0.1) is 0 Å². The number of aromatic hydroxyl groups is 1. The lowest BCUT2D eigenvalue weighted by atomic mass is 10.1. The third-order valence-electron chi connectivity index (χ3n) is 4.36. The number of hydrogen-bond acceptors (Lipinski definition) is 5. The summed E-state index contributed by atoms with van der Waals surface area (Å²) in [5, 5.41) is 15.2. The molecule has 0 radical (unpaired) electrons. The molecule has 0 amide bonds. The van der Waals surface area contributed by atoms with Gasteiger partial charge in [-0.15, -0.1) is 5.10 Å². The fraction of sp³-hybridized carbons (Fsp3) is 0.100. The number of hydrogen-bond donors (Lipinski definition) is 1. The van der Waals surface area contributed by atoms with Gasteiger partial charge in [0.05, 0.1) is 19.0 Å². The van der Waals surface area contributed by atoms with Gasteiger partial charge in [0, 0.05) is 23.3 Å². The van der Waals surface area contributed by atoms with Gasteiger partial charge in [0.25, 0.3) is 0 Å². The first kappa shape index (κ1) is 17.2. The summed E-state index contributed by atoms with van der Waals surface area (Å²) in [4.78, 5) is 6.37. The molecule has 7 heteroatoms. The Kier molecular flexibility index (Phi) is 4.33. The highest BCUT2D eigenvalue weighted by atomic mass is 35.5. The smallest absolute Gasteiger partial charge is 0.161 e. The van der Waals surface area contributed by atoms with Crippen LogP contribution in [-0.2, 0) is 0 Å². The molecule has 0 saturated heterocycles. The molecule has 0 aliphatic carbocycles. The minimum absolute atomic E-state index is 0.0874. The van der Waals surface area contributed by atoms with Crippen molar-refractivity contribution in [3.8, 4) is 22.8 Å². The second kappa shape index (κ2) is 6.81. The molecular weight excluding hydrogens is 364 g/mol. The van der Waals surface area contributed by atoms with Gasteiger partial charge in [0.2, 0.25) is 0 Å². The zero-order chi connectivity index (χ0) is 19.0. The van der Waals surface area contributed by atoms with Crippen LogP contribution in [0.15, 0.2) is 60.8 Å². The number of halogens is 1. The van der Waals surface area contributed by atoms with Crippen LogP contribution in [0.4, 0.5) is 11.5 Å². The summed E-state index contributed by atoms with van der Waals surface area (Å²) < 4.78 is 6.97. The van der Waals surface area contributed by atoms with Crippen molar-refractivity contribution in [1.29, 1.82) is 0 Å². The fourth-order valence-electron chi connectivity index (χ4n) is 2.89. The predicted molar refractivity (Wildman–Crippen MR) is 106 cm³/mol. The highest BCUT2D eigenvalue weighted by Gasteiger charge is 2.13. The highest BCUT2D eigenvalue weighted by molar-refractivity contribution is 6.30. The number of methoxy groups -OCH3 is 1. The van der Waals surface area contributed by atoms with Crippen molar-refractivity contribution in [2.45, 2.75) is 0 Å². The lowest BCUT2D eigenvalue weighted by Crippen LogP contribution is -2.13. The number of nitrogens with zero attached hydrogens (tertiary/aromatic N) is 4. The van der Waals surface area contributed by atoms with Crippen molar-refractivity contribution in [3.05, 3.63) is 65.8 Å². The molecule has 27 heavy (non-hydrogen) atoms. The summed E-state index contributed by atoms with van der Waals surface area (Å²) in [5.74, 6) is 1.23. The SMILES string of the molecule is COc1cc(-c2cnc3ccc(N(C)c4cccc(Cl)c4)nn23)ccc1O. The second-order valence-corrected chi connectivity index (χ2v) is 6.47. The Bertz CT molecular complexity index is 1130. The molecule has 0 atom stereocenters. The number of imidazole rings is 1. The lowest BCUT2D eigenvalue weighted by molar-refractivity contribution is 0.373.